The van der Waals surface area contributed by atoms with Crippen molar-refractivity contribution in [2.45, 2.75) is 55.7 Å². The molecule has 35 heavy (non-hydrogen) atoms. The summed E-state index contributed by atoms with van der Waals surface area (Å²) in [6.45, 7) is 0.225. The number of para-hydroxylation sites is 1. The van der Waals surface area contributed by atoms with Crippen LogP contribution in [0.2, 0.25) is 0 Å². The minimum absolute atomic E-state index is 0.118. The lowest BCUT2D eigenvalue weighted by molar-refractivity contribution is -0.135. The molecular formula is C26H26N4O5. The lowest BCUT2D eigenvalue weighted by Crippen LogP contribution is -2.76. The number of rotatable bonds is 5. The minimum atomic E-state index is -0.709. The molecule has 180 valence electrons. The van der Waals surface area contributed by atoms with Gasteiger partial charge in [-0.3, -0.25) is 24.0 Å². The Balaban J connectivity index is 1.21. The number of nitrogens with zero attached hydrogens (tertiary/aromatic N) is 2. The lowest BCUT2D eigenvalue weighted by atomic mass is 9.37. The number of piperidine rings is 1. The number of carbonyl (C=O) groups is 3. The van der Waals surface area contributed by atoms with Gasteiger partial charge in [-0.1, -0.05) is 42.5 Å². The van der Waals surface area contributed by atoms with Gasteiger partial charge in [0.05, 0.1) is 11.0 Å². The van der Waals surface area contributed by atoms with E-state index in [0.29, 0.717) is 11.9 Å². The number of aromatic nitrogens is 2. The molecule has 3 aromatic rings. The van der Waals surface area contributed by atoms with E-state index in [0.717, 1.165) is 35.9 Å². The molecule has 0 spiro atoms. The van der Waals surface area contributed by atoms with Crippen molar-refractivity contribution in [3.05, 3.63) is 70.1 Å². The van der Waals surface area contributed by atoms with Crippen LogP contribution in [0.1, 0.15) is 49.3 Å². The minimum Gasteiger partial charge on any atom is -0.445 e. The maximum absolute atomic E-state index is 13.2. The Morgan fingerprint density at radius 1 is 1.09 bits per heavy atom. The van der Waals surface area contributed by atoms with E-state index in [1.165, 1.54) is 4.57 Å². The van der Waals surface area contributed by atoms with Crippen molar-refractivity contribution in [2.24, 2.45) is 7.05 Å². The molecule has 2 N–H and O–H groups in total. The molecule has 3 amide bonds. The normalized spacial score (nSPS) is 27.1. The van der Waals surface area contributed by atoms with Gasteiger partial charge in [-0.15, -0.1) is 0 Å². The van der Waals surface area contributed by atoms with E-state index in [-0.39, 0.29) is 35.6 Å². The number of imidazole rings is 1. The quantitative estimate of drug-likeness (QED) is 0.552. The maximum atomic E-state index is 13.2. The highest BCUT2D eigenvalue weighted by Gasteiger charge is 2.69. The van der Waals surface area contributed by atoms with Crippen molar-refractivity contribution in [2.75, 3.05) is 0 Å². The first-order valence-corrected chi connectivity index (χ1v) is 11.8. The monoisotopic (exact) mass is 474 g/mol. The second-order valence-corrected chi connectivity index (χ2v) is 10.1. The van der Waals surface area contributed by atoms with Crippen molar-refractivity contribution in [3.63, 3.8) is 0 Å². The van der Waals surface area contributed by atoms with Gasteiger partial charge in [0.25, 0.3) is 0 Å². The van der Waals surface area contributed by atoms with Crippen LogP contribution in [0, 0.1) is 0 Å². The van der Waals surface area contributed by atoms with Crippen LogP contribution in [0.5, 0.6) is 0 Å². The number of aryl methyl sites for hydroxylation is 1. The van der Waals surface area contributed by atoms with E-state index in [1.54, 1.807) is 11.6 Å². The number of hydrogen-bond donors (Lipinski definition) is 2. The summed E-state index contributed by atoms with van der Waals surface area (Å²) < 4.78 is 8.51. The fourth-order valence-corrected chi connectivity index (χ4v) is 6.28. The van der Waals surface area contributed by atoms with Gasteiger partial charge in [0.1, 0.15) is 12.6 Å². The SMILES string of the molecule is Cn1c(=O)n(C2CCC(=O)NC2=O)c2cccc(C34CC(NC(=O)OCc5ccccc5)(C3)C4)c21. The van der Waals surface area contributed by atoms with Crippen molar-refractivity contribution < 1.29 is 19.1 Å². The van der Waals surface area contributed by atoms with Gasteiger partial charge in [-0.05, 0) is 42.9 Å². The van der Waals surface area contributed by atoms with Gasteiger partial charge in [-0.2, -0.15) is 0 Å². The Bertz CT molecular complexity index is 1420. The van der Waals surface area contributed by atoms with Crippen LogP contribution in [0.3, 0.4) is 0 Å². The highest BCUT2D eigenvalue weighted by Crippen LogP contribution is 2.68. The molecule has 1 atom stereocenters. The molecule has 1 aliphatic heterocycles. The van der Waals surface area contributed by atoms with Crippen LogP contribution in [0.4, 0.5) is 4.79 Å². The fourth-order valence-electron chi connectivity index (χ4n) is 6.28. The molecule has 1 saturated heterocycles. The Hall–Kier alpha value is -3.88. The van der Waals surface area contributed by atoms with Gasteiger partial charge >= 0.3 is 11.8 Å². The Morgan fingerprint density at radius 3 is 2.54 bits per heavy atom. The zero-order valence-electron chi connectivity index (χ0n) is 19.4. The van der Waals surface area contributed by atoms with Gasteiger partial charge in [0, 0.05) is 24.4 Å². The number of hydrogen-bond acceptors (Lipinski definition) is 5. The average Bonchev–Trinajstić information content (AvgIpc) is 3.05. The third-order valence-electron chi connectivity index (χ3n) is 7.81. The van der Waals surface area contributed by atoms with Crippen molar-refractivity contribution in [3.8, 4) is 0 Å². The zero-order chi connectivity index (χ0) is 24.4. The second-order valence-electron chi connectivity index (χ2n) is 10.1. The summed E-state index contributed by atoms with van der Waals surface area (Å²) in [6, 6.07) is 14.6. The first-order chi connectivity index (χ1) is 16.8. The first-order valence-electron chi connectivity index (χ1n) is 11.8. The van der Waals surface area contributed by atoms with E-state index < -0.39 is 18.0 Å². The van der Waals surface area contributed by atoms with Crippen LogP contribution < -0.4 is 16.3 Å². The number of nitrogens with one attached hydrogen (secondary N) is 2. The average molecular weight is 475 g/mol. The van der Waals surface area contributed by atoms with Crippen molar-refractivity contribution in [1.29, 1.82) is 0 Å². The summed E-state index contributed by atoms with van der Waals surface area (Å²) in [4.78, 5) is 49.7. The molecule has 1 aromatic heterocycles. The topological polar surface area (TPSA) is 111 Å². The summed E-state index contributed by atoms with van der Waals surface area (Å²) >= 11 is 0. The first kappa shape index (κ1) is 21.6. The molecular weight excluding hydrogens is 448 g/mol. The molecule has 2 heterocycles. The lowest BCUT2D eigenvalue weighted by Gasteiger charge is -2.70. The summed E-state index contributed by atoms with van der Waals surface area (Å²) in [5.74, 6) is -0.752. The smallest absolute Gasteiger partial charge is 0.407 e. The van der Waals surface area contributed by atoms with E-state index in [9.17, 15) is 19.2 Å². The molecule has 9 heteroatoms. The van der Waals surface area contributed by atoms with Gasteiger partial charge in [-0.25, -0.2) is 9.59 Å². The number of alkyl carbamates (subject to hydrolysis) is 1. The summed E-state index contributed by atoms with van der Waals surface area (Å²) in [5, 5.41) is 5.39. The predicted octanol–water partition coefficient (Wildman–Crippen LogP) is 2.42. The third kappa shape index (κ3) is 3.29. The Kier molecular flexibility index (Phi) is 4.67. The van der Waals surface area contributed by atoms with Crippen LogP contribution >= 0.6 is 0 Å². The van der Waals surface area contributed by atoms with E-state index >= 15 is 0 Å². The van der Waals surface area contributed by atoms with E-state index in [1.807, 2.05) is 48.5 Å². The van der Waals surface area contributed by atoms with E-state index in [2.05, 4.69) is 10.6 Å². The fraction of sp³-hybridized carbons (Fsp3) is 0.385. The molecule has 2 bridgehead atoms. The molecule has 7 rings (SSSR count). The van der Waals surface area contributed by atoms with Crippen LogP contribution in [0.25, 0.3) is 11.0 Å². The third-order valence-corrected chi connectivity index (χ3v) is 7.81. The van der Waals surface area contributed by atoms with Crippen molar-refractivity contribution in [1.82, 2.24) is 19.8 Å². The molecule has 4 fully saturated rings. The number of imide groups is 1. The van der Waals surface area contributed by atoms with Gasteiger partial charge in [0.15, 0.2) is 0 Å². The zero-order valence-corrected chi connectivity index (χ0v) is 19.4. The number of amides is 3. The molecule has 1 unspecified atom stereocenters. The van der Waals surface area contributed by atoms with E-state index in [4.69, 9.17) is 4.74 Å². The van der Waals surface area contributed by atoms with Crippen LogP contribution in [-0.4, -0.2) is 32.6 Å². The molecule has 0 radical (unpaired) electrons. The molecule has 4 aliphatic rings. The van der Waals surface area contributed by atoms with Crippen molar-refractivity contribution >= 4 is 28.9 Å². The molecule has 2 aromatic carbocycles. The Morgan fingerprint density at radius 2 is 1.83 bits per heavy atom. The highest BCUT2D eigenvalue weighted by molar-refractivity contribution is 6.00. The van der Waals surface area contributed by atoms with Crippen LogP contribution in [0.15, 0.2) is 53.3 Å². The van der Waals surface area contributed by atoms with Crippen LogP contribution in [-0.2, 0) is 33.4 Å². The van der Waals surface area contributed by atoms with Gasteiger partial charge < -0.3 is 10.1 Å². The summed E-state index contributed by atoms with van der Waals surface area (Å²) in [6.07, 6.45) is 2.41. The largest absolute Gasteiger partial charge is 0.445 e. The number of carbonyl (C=O) groups excluding carboxylic acids is 3. The highest BCUT2D eigenvalue weighted by atomic mass is 16.5. The molecule has 3 saturated carbocycles. The predicted molar refractivity (Wildman–Crippen MR) is 127 cm³/mol. The number of fused-ring (bicyclic) bond motifs is 1. The van der Waals surface area contributed by atoms with Gasteiger partial charge in [0.2, 0.25) is 11.8 Å². The summed E-state index contributed by atoms with van der Waals surface area (Å²) in [7, 11) is 1.72. The number of ether oxygens (including phenoxy) is 1. The second kappa shape index (κ2) is 7.56. The molecule has 3 aliphatic carbocycles. The Labute approximate surface area is 201 Å². The number of benzene rings is 2. The summed E-state index contributed by atoms with van der Waals surface area (Å²) in [5.41, 5.74) is 2.83. The standard InChI is InChI=1S/C26H26N4O5/c1-29-21-17(8-5-9-18(21)30(24(29)34)19-10-11-20(31)27-22(19)32)25-13-26(14-25,15-25)28-23(33)35-12-16-6-3-2-4-7-16/h2-9,19H,10-15H2,1H3,(H,28,33)(H,27,31,32). The maximum Gasteiger partial charge on any atom is 0.407 e. The molecule has 9 nitrogen and oxygen atoms in total.